The van der Waals surface area contributed by atoms with Gasteiger partial charge in [0.05, 0.1) is 10.0 Å². The van der Waals surface area contributed by atoms with E-state index >= 15 is 0 Å². The van der Waals surface area contributed by atoms with E-state index in [1.807, 2.05) is 18.2 Å². The maximum Gasteiger partial charge on any atom is 0.0595 e. The molecule has 2 nitrogen and oxygen atoms in total. The Hall–Kier alpha value is -0.280. The maximum absolute atomic E-state index is 6.08. The normalized spacial score (nSPS) is 22.5. The molecule has 1 aliphatic heterocycles. The molecule has 1 aliphatic rings. The van der Waals surface area contributed by atoms with Crippen LogP contribution >= 0.6 is 23.2 Å². The molecule has 0 spiro atoms. The minimum absolute atomic E-state index is 0.281. The Morgan fingerprint density at radius 3 is 2.70 bits per heavy atom. The first-order valence-corrected chi connectivity index (χ1v) is 8.26. The molecule has 3 unspecified atom stereocenters. The van der Waals surface area contributed by atoms with Gasteiger partial charge in [-0.1, -0.05) is 35.7 Å². The monoisotopic (exact) mass is 314 g/mol. The summed E-state index contributed by atoms with van der Waals surface area (Å²) in [6, 6.07) is 7.28. The molecule has 1 aromatic rings. The van der Waals surface area contributed by atoms with Crippen LogP contribution in [0.4, 0.5) is 0 Å². The number of hydrogen-bond acceptors (Lipinski definition) is 2. The van der Waals surface area contributed by atoms with Crippen molar-refractivity contribution in [2.45, 2.75) is 57.7 Å². The summed E-state index contributed by atoms with van der Waals surface area (Å²) in [5, 5.41) is 8.49. The summed E-state index contributed by atoms with van der Waals surface area (Å²) >= 11 is 12.0. The molecule has 3 atom stereocenters. The lowest BCUT2D eigenvalue weighted by molar-refractivity contribution is 0.334. The van der Waals surface area contributed by atoms with E-state index < -0.39 is 0 Å². The van der Waals surface area contributed by atoms with Crippen molar-refractivity contribution < 1.29 is 0 Å². The largest absolute Gasteiger partial charge is 0.314 e. The zero-order chi connectivity index (χ0) is 14.5. The van der Waals surface area contributed by atoms with Gasteiger partial charge in [-0.2, -0.15) is 0 Å². The maximum atomic E-state index is 6.08. The minimum atomic E-state index is 0.281. The van der Waals surface area contributed by atoms with Crippen LogP contribution in [0.25, 0.3) is 0 Å². The van der Waals surface area contributed by atoms with Gasteiger partial charge in [-0.15, -0.1) is 0 Å². The van der Waals surface area contributed by atoms with Gasteiger partial charge < -0.3 is 10.6 Å². The highest BCUT2D eigenvalue weighted by Gasteiger charge is 2.17. The molecule has 4 heteroatoms. The highest BCUT2D eigenvalue weighted by molar-refractivity contribution is 6.42. The van der Waals surface area contributed by atoms with E-state index in [-0.39, 0.29) is 6.04 Å². The second-order valence-electron chi connectivity index (χ2n) is 5.85. The second-order valence-corrected chi connectivity index (χ2v) is 6.66. The van der Waals surface area contributed by atoms with Crippen LogP contribution in [-0.4, -0.2) is 18.6 Å². The lowest BCUT2D eigenvalue weighted by Crippen LogP contribution is -2.40. The van der Waals surface area contributed by atoms with Gasteiger partial charge in [-0.3, -0.25) is 0 Å². The van der Waals surface area contributed by atoms with Crippen molar-refractivity contribution in [3.05, 3.63) is 33.8 Å². The second kappa shape index (κ2) is 7.65. The molecule has 1 saturated heterocycles. The SMILES string of the molecule is CC(CC1CCCCN1)NC(C)c1ccc(Cl)c(Cl)c1. The molecular weight excluding hydrogens is 291 g/mol. The zero-order valence-electron chi connectivity index (χ0n) is 12.3. The van der Waals surface area contributed by atoms with E-state index in [2.05, 4.69) is 24.5 Å². The third-order valence-corrected chi connectivity index (χ3v) is 4.77. The van der Waals surface area contributed by atoms with Crippen LogP contribution in [0.2, 0.25) is 10.0 Å². The van der Waals surface area contributed by atoms with Crippen LogP contribution in [0.5, 0.6) is 0 Å². The topological polar surface area (TPSA) is 24.1 Å². The van der Waals surface area contributed by atoms with Gasteiger partial charge in [-0.05, 0) is 57.4 Å². The smallest absolute Gasteiger partial charge is 0.0595 e. The van der Waals surface area contributed by atoms with Crippen LogP contribution in [0, 0.1) is 0 Å². The standard InChI is InChI=1S/C16H24Cl2N2/c1-11(9-14-5-3-4-8-19-14)20-12(2)13-6-7-15(17)16(18)10-13/h6-7,10-12,14,19-20H,3-5,8-9H2,1-2H3. The van der Waals surface area contributed by atoms with Crippen LogP contribution in [0.1, 0.15) is 51.1 Å². The van der Waals surface area contributed by atoms with Gasteiger partial charge in [-0.25, -0.2) is 0 Å². The van der Waals surface area contributed by atoms with Crippen molar-refractivity contribution in [3.8, 4) is 0 Å². The molecule has 2 N–H and O–H groups in total. The van der Waals surface area contributed by atoms with Crippen LogP contribution < -0.4 is 10.6 Å². The van der Waals surface area contributed by atoms with Crippen molar-refractivity contribution in [2.24, 2.45) is 0 Å². The molecule has 20 heavy (non-hydrogen) atoms. The molecule has 1 fully saturated rings. The van der Waals surface area contributed by atoms with Crippen molar-refractivity contribution in [1.82, 2.24) is 10.6 Å². The van der Waals surface area contributed by atoms with E-state index in [0.29, 0.717) is 22.1 Å². The van der Waals surface area contributed by atoms with E-state index in [4.69, 9.17) is 23.2 Å². The Morgan fingerprint density at radius 2 is 2.05 bits per heavy atom. The first-order valence-electron chi connectivity index (χ1n) is 7.50. The molecule has 0 aliphatic carbocycles. The highest BCUT2D eigenvalue weighted by Crippen LogP contribution is 2.26. The van der Waals surface area contributed by atoms with E-state index in [1.165, 1.54) is 37.8 Å². The summed E-state index contributed by atoms with van der Waals surface area (Å²) < 4.78 is 0. The van der Waals surface area contributed by atoms with Crippen LogP contribution in [0.15, 0.2) is 18.2 Å². The molecule has 0 aromatic heterocycles. The molecule has 112 valence electrons. The average Bonchev–Trinajstić information content (AvgIpc) is 2.42. The third kappa shape index (κ3) is 4.63. The first kappa shape index (κ1) is 16.1. The summed E-state index contributed by atoms with van der Waals surface area (Å²) in [7, 11) is 0. The Labute approximate surface area is 132 Å². The summed E-state index contributed by atoms with van der Waals surface area (Å²) in [5.74, 6) is 0. The molecule has 1 heterocycles. The highest BCUT2D eigenvalue weighted by atomic mass is 35.5. The van der Waals surface area contributed by atoms with Gasteiger partial charge in [0.15, 0.2) is 0 Å². The molecule has 0 radical (unpaired) electrons. The fraction of sp³-hybridized carbons (Fsp3) is 0.625. The molecule has 0 amide bonds. The van der Waals surface area contributed by atoms with Crippen molar-refractivity contribution in [3.63, 3.8) is 0 Å². The van der Waals surface area contributed by atoms with Crippen LogP contribution in [-0.2, 0) is 0 Å². The first-order chi connectivity index (χ1) is 9.56. The lowest BCUT2D eigenvalue weighted by atomic mass is 9.98. The summed E-state index contributed by atoms with van der Waals surface area (Å²) in [4.78, 5) is 0. The van der Waals surface area contributed by atoms with Gasteiger partial charge in [0.25, 0.3) is 0 Å². The van der Waals surface area contributed by atoms with Crippen molar-refractivity contribution >= 4 is 23.2 Å². The molecule has 2 rings (SSSR count). The molecule has 0 bridgehead atoms. The van der Waals surface area contributed by atoms with Crippen LogP contribution in [0.3, 0.4) is 0 Å². The lowest BCUT2D eigenvalue weighted by Gasteiger charge is -2.28. The number of halogens is 2. The summed E-state index contributed by atoms with van der Waals surface area (Å²) in [6.07, 6.45) is 5.14. The van der Waals surface area contributed by atoms with Gasteiger partial charge in [0.2, 0.25) is 0 Å². The minimum Gasteiger partial charge on any atom is -0.314 e. The predicted octanol–water partition coefficient (Wildman–Crippen LogP) is 4.56. The number of piperidine rings is 1. The third-order valence-electron chi connectivity index (χ3n) is 4.03. The van der Waals surface area contributed by atoms with E-state index in [9.17, 15) is 0 Å². The Bertz CT molecular complexity index is 430. The quantitative estimate of drug-likeness (QED) is 0.832. The van der Waals surface area contributed by atoms with Gasteiger partial charge in [0.1, 0.15) is 0 Å². The van der Waals surface area contributed by atoms with E-state index in [1.54, 1.807) is 0 Å². The Balaban J connectivity index is 1.86. The fourth-order valence-electron chi connectivity index (χ4n) is 2.92. The molecular formula is C16H24Cl2N2. The van der Waals surface area contributed by atoms with Crippen molar-refractivity contribution in [2.75, 3.05) is 6.54 Å². The van der Waals surface area contributed by atoms with E-state index in [0.717, 1.165) is 0 Å². The van der Waals surface area contributed by atoms with Gasteiger partial charge >= 0.3 is 0 Å². The summed E-state index contributed by atoms with van der Waals surface area (Å²) in [5.41, 5.74) is 1.18. The van der Waals surface area contributed by atoms with Crippen molar-refractivity contribution in [1.29, 1.82) is 0 Å². The molecule has 1 aromatic carbocycles. The fourth-order valence-corrected chi connectivity index (χ4v) is 3.23. The number of benzene rings is 1. The zero-order valence-corrected chi connectivity index (χ0v) is 13.8. The Morgan fingerprint density at radius 1 is 1.25 bits per heavy atom. The van der Waals surface area contributed by atoms with Gasteiger partial charge in [0, 0.05) is 18.1 Å². The predicted molar refractivity (Wildman–Crippen MR) is 87.7 cm³/mol. The number of nitrogens with one attached hydrogen (secondary N) is 2. The Kier molecular flexibility index (Phi) is 6.16. The number of hydrogen-bond donors (Lipinski definition) is 2. The summed E-state index contributed by atoms with van der Waals surface area (Å²) in [6.45, 7) is 5.59. The number of rotatable bonds is 5. The average molecular weight is 315 g/mol. The molecule has 0 saturated carbocycles.